The van der Waals surface area contributed by atoms with Crippen LogP contribution in [0.2, 0.25) is 0 Å². The van der Waals surface area contributed by atoms with Crippen LogP contribution in [0, 0.1) is 0 Å². The van der Waals surface area contributed by atoms with Gasteiger partial charge in [-0.05, 0) is 53.9 Å². The van der Waals surface area contributed by atoms with Gasteiger partial charge in [0.1, 0.15) is 5.69 Å². The molecular weight excluding hydrogens is 448 g/mol. The van der Waals surface area contributed by atoms with E-state index in [1.807, 2.05) is 85.2 Å². The van der Waals surface area contributed by atoms with Gasteiger partial charge in [0.25, 0.3) is 5.91 Å². The van der Waals surface area contributed by atoms with Crippen LogP contribution in [-0.4, -0.2) is 42.4 Å². The van der Waals surface area contributed by atoms with Crippen LogP contribution in [0.4, 0.5) is 11.4 Å². The molecule has 7 nitrogen and oxygen atoms in total. The molecule has 0 unspecified atom stereocenters. The quantitative estimate of drug-likeness (QED) is 0.293. The van der Waals surface area contributed by atoms with E-state index in [2.05, 4.69) is 5.32 Å². The number of nitrogens with zero attached hydrogens (tertiary/aromatic N) is 3. The molecule has 2 aromatic carbocycles. The molecule has 1 amide bonds. The van der Waals surface area contributed by atoms with Crippen molar-refractivity contribution in [1.82, 2.24) is 9.78 Å². The van der Waals surface area contributed by atoms with E-state index in [9.17, 15) is 9.59 Å². The topological polar surface area (TPSA) is 76.5 Å². The first-order valence-corrected chi connectivity index (χ1v) is 11.5. The van der Waals surface area contributed by atoms with Crippen LogP contribution >= 0.6 is 11.3 Å². The molecule has 0 bridgehead atoms. The maximum Gasteiger partial charge on any atom is 0.331 e. The Morgan fingerprint density at radius 3 is 2.50 bits per heavy atom. The van der Waals surface area contributed by atoms with E-state index in [-0.39, 0.29) is 6.61 Å². The third kappa shape index (κ3) is 5.79. The van der Waals surface area contributed by atoms with Gasteiger partial charge in [0.15, 0.2) is 6.61 Å². The fourth-order valence-electron chi connectivity index (χ4n) is 3.21. The normalized spacial score (nSPS) is 10.9. The van der Waals surface area contributed by atoms with Crippen molar-refractivity contribution in [2.45, 2.75) is 0 Å². The molecule has 8 heteroatoms. The lowest BCUT2D eigenvalue weighted by molar-refractivity contribution is -0.142. The number of esters is 1. The highest BCUT2D eigenvalue weighted by molar-refractivity contribution is 7.13. The first-order valence-electron chi connectivity index (χ1n) is 10.6. The number of anilines is 2. The van der Waals surface area contributed by atoms with Gasteiger partial charge < -0.3 is 15.0 Å². The van der Waals surface area contributed by atoms with Gasteiger partial charge in [-0.2, -0.15) is 5.10 Å². The number of ether oxygens (including phenoxy) is 1. The molecule has 0 aliphatic carbocycles. The second kappa shape index (κ2) is 10.6. The van der Waals surface area contributed by atoms with Crippen molar-refractivity contribution < 1.29 is 14.3 Å². The zero-order valence-electron chi connectivity index (χ0n) is 18.8. The van der Waals surface area contributed by atoms with Crippen molar-refractivity contribution in [1.29, 1.82) is 0 Å². The fourth-order valence-corrected chi connectivity index (χ4v) is 3.94. The third-order valence-electron chi connectivity index (χ3n) is 4.93. The summed E-state index contributed by atoms with van der Waals surface area (Å²) in [5.74, 6) is -1.02. The second-order valence-electron chi connectivity index (χ2n) is 7.62. The molecule has 0 aliphatic rings. The van der Waals surface area contributed by atoms with Gasteiger partial charge in [0, 0.05) is 43.3 Å². The summed E-state index contributed by atoms with van der Waals surface area (Å²) in [5, 5.41) is 9.39. The summed E-state index contributed by atoms with van der Waals surface area (Å²) >= 11 is 1.57. The molecule has 4 rings (SSSR count). The van der Waals surface area contributed by atoms with Crippen molar-refractivity contribution in [2.75, 3.05) is 30.9 Å². The van der Waals surface area contributed by atoms with Crippen LogP contribution in [-0.2, 0) is 14.3 Å². The molecule has 34 heavy (non-hydrogen) atoms. The molecule has 1 N–H and O–H groups in total. The number of aromatic nitrogens is 2. The molecule has 0 spiro atoms. The van der Waals surface area contributed by atoms with Crippen molar-refractivity contribution in [3.8, 4) is 16.3 Å². The number of hydrogen-bond acceptors (Lipinski definition) is 6. The number of hydrogen-bond donors (Lipinski definition) is 1. The second-order valence-corrected chi connectivity index (χ2v) is 8.57. The summed E-state index contributed by atoms with van der Waals surface area (Å²) in [4.78, 5) is 27.3. The van der Waals surface area contributed by atoms with E-state index in [0.717, 1.165) is 27.5 Å². The molecule has 0 fully saturated rings. The number of carbonyl (C=O) groups is 2. The predicted octanol–water partition coefficient (Wildman–Crippen LogP) is 4.86. The highest BCUT2D eigenvalue weighted by Crippen LogP contribution is 2.28. The zero-order chi connectivity index (χ0) is 23.9. The van der Waals surface area contributed by atoms with Crippen molar-refractivity contribution in [2.24, 2.45) is 0 Å². The Morgan fingerprint density at radius 2 is 1.82 bits per heavy atom. The van der Waals surface area contributed by atoms with Crippen molar-refractivity contribution >= 4 is 40.7 Å². The highest BCUT2D eigenvalue weighted by atomic mass is 32.1. The monoisotopic (exact) mass is 472 g/mol. The first-order chi connectivity index (χ1) is 16.5. The zero-order valence-corrected chi connectivity index (χ0v) is 19.7. The smallest absolute Gasteiger partial charge is 0.331 e. The number of carbonyl (C=O) groups excluding carboxylic acids is 2. The van der Waals surface area contributed by atoms with Crippen LogP contribution in [0.3, 0.4) is 0 Å². The van der Waals surface area contributed by atoms with Crippen molar-refractivity contribution in [3.05, 3.63) is 89.9 Å². The van der Waals surface area contributed by atoms with Gasteiger partial charge in [0.2, 0.25) is 0 Å². The Bertz CT molecular complexity index is 1280. The molecule has 172 valence electrons. The Labute approximate surface area is 201 Å². The van der Waals surface area contributed by atoms with E-state index in [1.54, 1.807) is 34.2 Å². The summed E-state index contributed by atoms with van der Waals surface area (Å²) in [7, 11) is 3.88. The third-order valence-corrected chi connectivity index (χ3v) is 5.81. The molecule has 0 saturated heterocycles. The standard InChI is InChI=1S/C26H24N4O3S/c1-29(2)21-13-11-20(12-14-21)27-24(31)18-33-25(32)15-10-19-17-30(22-7-4-3-5-8-22)28-26(19)23-9-6-16-34-23/h3-17H,18H2,1-2H3,(H,27,31). The lowest BCUT2D eigenvalue weighted by atomic mass is 10.2. The molecule has 2 heterocycles. The Hall–Kier alpha value is -4.17. The van der Waals surface area contributed by atoms with Crippen LogP contribution in [0.25, 0.3) is 22.3 Å². The first kappa shape index (κ1) is 23.0. The molecule has 0 atom stereocenters. The number of nitrogens with one attached hydrogen (secondary N) is 1. The molecule has 2 aromatic heterocycles. The molecule has 0 aliphatic heterocycles. The average molecular weight is 473 g/mol. The van der Waals surface area contributed by atoms with Gasteiger partial charge in [0.05, 0.1) is 10.6 Å². The summed E-state index contributed by atoms with van der Waals surface area (Å²) in [5.41, 5.74) is 4.11. The van der Waals surface area contributed by atoms with Crippen LogP contribution < -0.4 is 10.2 Å². The molecule has 0 radical (unpaired) electrons. The number of thiophene rings is 1. The lowest BCUT2D eigenvalue weighted by Gasteiger charge is -2.13. The summed E-state index contributed by atoms with van der Waals surface area (Å²) in [6.07, 6.45) is 4.82. The van der Waals surface area contributed by atoms with Gasteiger partial charge in [-0.15, -0.1) is 11.3 Å². The van der Waals surface area contributed by atoms with Gasteiger partial charge in [-0.25, -0.2) is 9.48 Å². The van der Waals surface area contributed by atoms with Crippen LogP contribution in [0.15, 0.2) is 84.4 Å². The van der Waals surface area contributed by atoms with Crippen LogP contribution in [0.5, 0.6) is 0 Å². The Balaban J connectivity index is 1.39. The average Bonchev–Trinajstić information content (AvgIpc) is 3.52. The molecule has 0 saturated carbocycles. The largest absolute Gasteiger partial charge is 0.452 e. The summed E-state index contributed by atoms with van der Waals surface area (Å²) < 4.78 is 6.88. The molecule has 4 aromatic rings. The maximum atomic E-state index is 12.2. The minimum absolute atomic E-state index is 0.375. The Kier molecular flexibility index (Phi) is 7.19. The number of amides is 1. The van der Waals surface area contributed by atoms with E-state index in [1.165, 1.54) is 6.08 Å². The van der Waals surface area contributed by atoms with E-state index >= 15 is 0 Å². The minimum atomic E-state index is -0.609. The van der Waals surface area contributed by atoms with Crippen LogP contribution in [0.1, 0.15) is 5.56 Å². The number of benzene rings is 2. The van der Waals surface area contributed by atoms with E-state index < -0.39 is 11.9 Å². The fraction of sp³-hybridized carbons (Fsp3) is 0.115. The van der Waals surface area contributed by atoms with Crippen molar-refractivity contribution in [3.63, 3.8) is 0 Å². The Morgan fingerprint density at radius 1 is 1.06 bits per heavy atom. The number of para-hydroxylation sites is 1. The number of rotatable bonds is 8. The van der Waals surface area contributed by atoms with E-state index in [0.29, 0.717) is 5.69 Å². The minimum Gasteiger partial charge on any atom is -0.452 e. The van der Waals surface area contributed by atoms with Gasteiger partial charge >= 0.3 is 5.97 Å². The lowest BCUT2D eigenvalue weighted by Crippen LogP contribution is -2.20. The van der Waals surface area contributed by atoms with Gasteiger partial charge in [-0.1, -0.05) is 24.3 Å². The SMILES string of the molecule is CN(C)c1ccc(NC(=O)COC(=O)C=Cc2cn(-c3ccccc3)nc2-c2cccs2)cc1. The predicted molar refractivity (Wildman–Crippen MR) is 136 cm³/mol. The van der Waals surface area contributed by atoms with Gasteiger partial charge in [-0.3, -0.25) is 4.79 Å². The van der Waals surface area contributed by atoms with E-state index in [4.69, 9.17) is 9.84 Å². The summed E-state index contributed by atoms with van der Waals surface area (Å²) in [6, 6.07) is 21.1. The molecular formula is C26H24N4O3S. The highest BCUT2D eigenvalue weighted by Gasteiger charge is 2.12. The summed E-state index contributed by atoms with van der Waals surface area (Å²) in [6.45, 7) is -0.375. The maximum absolute atomic E-state index is 12.2.